The molecule has 24 heavy (non-hydrogen) atoms. The molecule has 0 N–H and O–H groups in total. The lowest BCUT2D eigenvalue weighted by Gasteiger charge is -2.35. The van der Waals surface area contributed by atoms with Crippen molar-refractivity contribution in [1.29, 1.82) is 0 Å². The molecular weight excluding hydrogens is 300 g/mol. The van der Waals surface area contributed by atoms with Crippen LogP contribution in [-0.4, -0.2) is 54.5 Å². The molecular formula is C20H26N2O2. The fourth-order valence-electron chi connectivity index (χ4n) is 3.20. The number of rotatable bonds is 5. The maximum Gasteiger partial charge on any atom is 0.263 e. The molecule has 1 aliphatic heterocycles. The number of carbonyl (C=O) groups is 1. The van der Waals surface area contributed by atoms with E-state index in [-0.39, 0.29) is 5.91 Å². The highest BCUT2D eigenvalue weighted by Crippen LogP contribution is 2.22. The average Bonchev–Trinajstić information content (AvgIpc) is 2.65. The molecule has 1 heterocycles. The van der Waals surface area contributed by atoms with Crippen LogP contribution in [0.4, 0.5) is 0 Å². The number of carbonyl (C=O) groups excluding carboxylic acids is 1. The molecule has 1 atom stereocenters. The quantitative estimate of drug-likeness (QED) is 0.846. The third-order valence-electron chi connectivity index (χ3n) is 4.78. The molecule has 4 heteroatoms. The SMILES string of the molecule is CC[C@H](Oc1ccc2ccccc2c1)C(=O)N1CCN(CC)CC1. The van der Waals surface area contributed by atoms with Crippen LogP contribution in [0.1, 0.15) is 20.3 Å². The second-order valence-electron chi connectivity index (χ2n) is 6.28. The van der Waals surface area contributed by atoms with Crippen molar-refractivity contribution in [3.63, 3.8) is 0 Å². The van der Waals surface area contributed by atoms with E-state index in [0.717, 1.165) is 43.9 Å². The second-order valence-corrected chi connectivity index (χ2v) is 6.28. The molecule has 0 aliphatic carbocycles. The first kappa shape index (κ1) is 16.8. The molecule has 128 valence electrons. The van der Waals surface area contributed by atoms with E-state index in [2.05, 4.69) is 24.0 Å². The van der Waals surface area contributed by atoms with E-state index in [1.807, 2.05) is 42.2 Å². The molecule has 0 unspecified atom stereocenters. The predicted octanol–water partition coefficient (Wildman–Crippen LogP) is 3.16. The number of benzene rings is 2. The van der Waals surface area contributed by atoms with Gasteiger partial charge in [-0.2, -0.15) is 0 Å². The number of hydrogen-bond acceptors (Lipinski definition) is 3. The van der Waals surface area contributed by atoms with Crippen LogP contribution >= 0.6 is 0 Å². The third kappa shape index (κ3) is 3.70. The van der Waals surface area contributed by atoms with Crippen molar-refractivity contribution in [3.05, 3.63) is 42.5 Å². The monoisotopic (exact) mass is 326 g/mol. The van der Waals surface area contributed by atoms with E-state index in [0.29, 0.717) is 6.42 Å². The molecule has 4 nitrogen and oxygen atoms in total. The van der Waals surface area contributed by atoms with Gasteiger partial charge < -0.3 is 14.5 Å². The molecule has 1 fully saturated rings. The van der Waals surface area contributed by atoms with Crippen LogP contribution in [0, 0.1) is 0 Å². The fourth-order valence-corrected chi connectivity index (χ4v) is 3.20. The van der Waals surface area contributed by atoms with Crippen LogP contribution in [0.5, 0.6) is 5.75 Å². The Balaban J connectivity index is 1.68. The molecule has 3 rings (SSSR count). The van der Waals surface area contributed by atoms with Gasteiger partial charge in [0, 0.05) is 26.2 Å². The van der Waals surface area contributed by atoms with Crippen LogP contribution in [0.3, 0.4) is 0 Å². The molecule has 0 saturated carbocycles. The highest BCUT2D eigenvalue weighted by Gasteiger charge is 2.27. The van der Waals surface area contributed by atoms with Gasteiger partial charge in [-0.15, -0.1) is 0 Å². The number of fused-ring (bicyclic) bond motifs is 1. The molecule has 1 saturated heterocycles. The van der Waals surface area contributed by atoms with Crippen molar-refractivity contribution >= 4 is 16.7 Å². The van der Waals surface area contributed by atoms with Gasteiger partial charge in [0.15, 0.2) is 6.10 Å². The van der Waals surface area contributed by atoms with Crippen molar-refractivity contribution < 1.29 is 9.53 Å². The Hall–Kier alpha value is -2.07. The Morgan fingerprint density at radius 3 is 2.42 bits per heavy atom. The number of amides is 1. The van der Waals surface area contributed by atoms with Crippen LogP contribution in [0.2, 0.25) is 0 Å². The van der Waals surface area contributed by atoms with Gasteiger partial charge in [0.1, 0.15) is 5.75 Å². The summed E-state index contributed by atoms with van der Waals surface area (Å²) in [6.07, 6.45) is 0.277. The van der Waals surface area contributed by atoms with Crippen molar-refractivity contribution in [1.82, 2.24) is 9.80 Å². The summed E-state index contributed by atoms with van der Waals surface area (Å²) in [5.74, 6) is 0.877. The average molecular weight is 326 g/mol. The normalized spacial score (nSPS) is 17.0. The molecule has 2 aromatic carbocycles. The van der Waals surface area contributed by atoms with E-state index >= 15 is 0 Å². The minimum Gasteiger partial charge on any atom is -0.481 e. The number of nitrogens with zero attached hydrogens (tertiary/aromatic N) is 2. The molecule has 0 radical (unpaired) electrons. The zero-order valence-electron chi connectivity index (χ0n) is 14.6. The highest BCUT2D eigenvalue weighted by atomic mass is 16.5. The summed E-state index contributed by atoms with van der Waals surface area (Å²) >= 11 is 0. The van der Waals surface area contributed by atoms with E-state index in [1.54, 1.807) is 0 Å². The third-order valence-corrected chi connectivity index (χ3v) is 4.78. The molecule has 1 aliphatic rings. The summed E-state index contributed by atoms with van der Waals surface area (Å²) in [4.78, 5) is 17.1. The zero-order chi connectivity index (χ0) is 16.9. The zero-order valence-corrected chi connectivity index (χ0v) is 14.6. The van der Waals surface area contributed by atoms with Gasteiger partial charge in [0.05, 0.1) is 0 Å². The predicted molar refractivity (Wildman–Crippen MR) is 97.3 cm³/mol. The van der Waals surface area contributed by atoms with E-state index in [9.17, 15) is 4.79 Å². The Bertz CT molecular complexity index is 693. The largest absolute Gasteiger partial charge is 0.481 e. The van der Waals surface area contributed by atoms with Gasteiger partial charge in [-0.05, 0) is 35.9 Å². The van der Waals surface area contributed by atoms with E-state index < -0.39 is 6.10 Å². The summed E-state index contributed by atoms with van der Waals surface area (Å²) in [6, 6.07) is 14.2. The Morgan fingerprint density at radius 2 is 1.75 bits per heavy atom. The Kier molecular flexibility index (Phi) is 5.36. The van der Waals surface area contributed by atoms with Crippen LogP contribution in [0.15, 0.2) is 42.5 Å². The van der Waals surface area contributed by atoms with Crippen LogP contribution < -0.4 is 4.74 Å². The van der Waals surface area contributed by atoms with Gasteiger partial charge in [-0.25, -0.2) is 0 Å². The number of hydrogen-bond donors (Lipinski definition) is 0. The lowest BCUT2D eigenvalue weighted by Crippen LogP contribution is -2.52. The first-order valence-corrected chi connectivity index (χ1v) is 8.88. The Morgan fingerprint density at radius 1 is 1.04 bits per heavy atom. The molecule has 1 amide bonds. The summed E-state index contributed by atoms with van der Waals surface area (Å²) in [6.45, 7) is 8.71. The fraction of sp³-hybridized carbons (Fsp3) is 0.450. The summed E-state index contributed by atoms with van der Waals surface area (Å²) in [5, 5.41) is 2.31. The highest BCUT2D eigenvalue weighted by molar-refractivity contribution is 5.84. The topological polar surface area (TPSA) is 32.8 Å². The van der Waals surface area contributed by atoms with E-state index in [1.165, 1.54) is 5.39 Å². The van der Waals surface area contributed by atoms with Gasteiger partial charge in [-0.1, -0.05) is 44.2 Å². The standard InChI is InChI=1S/C20H26N2O2/c1-3-19(20(23)22-13-11-21(4-2)12-14-22)24-18-10-9-16-7-5-6-8-17(16)15-18/h5-10,15,19H,3-4,11-14H2,1-2H3/t19-/m0/s1. The smallest absolute Gasteiger partial charge is 0.263 e. The first-order valence-electron chi connectivity index (χ1n) is 8.88. The van der Waals surface area contributed by atoms with Crippen LogP contribution in [-0.2, 0) is 4.79 Å². The summed E-state index contributed by atoms with van der Waals surface area (Å²) in [5.41, 5.74) is 0. The second kappa shape index (κ2) is 7.67. The van der Waals surface area contributed by atoms with Crippen molar-refractivity contribution in [2.75, 3.05) is 32.7 Å². The molecule has 0 aromatic heterocycles. The molecule has 0 bridgehead atoms. The summed E-state index contributed by atoms with van der Waals surface area (Å²) < 4.78 is 6.04. The lowest BCUT2D eigenvalue weighted by atomic mass is 10.1. The number of piperazine rings is 1. The van der Waals surface area contributed by atoms with Gasteiger partial charge in [-0.3, -0.25) is 4.79 Å². The molecule has 2 aromatic rings. The van der Waals surface area contributed by atoms with Crippen molar-refractivity contribution in [3.8, 4) is 5.75 Å². The van der Waals surface area contributed by atoms with Crippen LogP contribution in [0.25, 0.3) is 10.8 Å². The van der Waals surface area contributed by atoms with Crippen molar-refractivity contribution in [2.24, 2.45) is 0 Å². The molecule has 0 spiro atoms. The van der Waals surface area contributed by atoms with E-state index in [4.69, 9.17) is 4.74 Å². The summed E-state index contributed by atoms with van der Waals surface area (Å²) in [7, 11) is 0. The minimum absolute atomic E-state index is 0.112. The van der Waals surface area contributed by atoms with Crippen molar-refractivity contribution in [2.45, 2.75) is 26.4 Å². The minimum atomic E-state index is -0.403. The maximum atomic E-state index is 12.8. The first-order chi connectivity index (χ1) is 11.7. The van der Waals surface area contributed by atoms with Gasteiger partial charge >= 0.3 is 0 Å². The number of ether oxygens (including phenoxy) is 1. The van der Waals surface area contributed by atoms with Gasteiger partial charge in [0.2, 0.25) is 0 Å². The lowest BCUT2D eigenvalue weighted by molar-refractivity contribution is -0.140. The Labute approximate surface area is 144 Å². The number of likely N-dealkylation sites (N-methyl/N-ethyl adjacent to an activating group) is 1. The van der Waals surface area contributed by atoms with Gasteiger partial charge in [0.25, 0.3) is 5.91 Å². The maximum absolute atomic E-state index is 12.8.